The molecule has 3 rings (SSSR count). The molecule has 1 aliphatic rings. The van der Waals surface area contributed by atoms with Crippen molar-refractivity contribution >= 4 is 33.6 Å². The van der Waals surface area contributed by atoms with Gasteiger partial charge in [0.25, 0.3) is 0 Å². The van der Waals surface area contributed by atoms with Gasteiger partial charge in [-0.05, 0) is 42.5 Å². The van der Waals surface area contributed by atoms with Gasteiger partial charge in [0, 0.05) is 21.2 Å². The standard InChI is InChI=1S/C19H26N2OS2/c1-11(2)14-5-6-16(23-14)18-13(19(20)22)9-10-21(18)17-8-7-15(24-17)12(3)4/h5-8,11-13,18H,9-10H2,1-4H3,(H2,20,22). The van der Waals surface area contributed by atoms with Crippen LogP contribution in [-0.2, 0) is 4.79 Å². The number of hydrogen-bond donors (Lipinski definition) is 1. The normalized spacial score (nSPS) is 21.2. The highest BCUT2D eigenvalue weighted by Crippen LogP contribution is 2.46. The van der Waals surface area contributed by atoms with Crippen molar-refractivity contribution in [3.05, 3.63) is 38.9 Å². The first-order chi connectivity index (χ1) is 11.4. The van der Waals surface area contributed by atoms with E-state index >= 15 is 0 Å². The Morgan fingerprint density at radius 2 is 1.71 bits per heavy atom. The number of nitrogens with zero attached hydrogens (tertiary/aromatic N) is 1. The van der Waals surface area contributed by atoms with Crippen LogP contribution in [0.3, 0.4) is 0 Å². The molecule has 2 atom stereocenters. The largest absolute Gasteiger partial charge is 0.369 e. The zero-order chi connectivity index (χ0) is 17.4. The molecule has 0 aliphatic carbocycles. The van der Waals surface area contributed by atoms with Crippen LogP contribution < -0.4 is 10.6 Å². The summed E-state index contributed by atoms with van der Waals surface area (Å²) in [6.45, 7) is 9.75. The van der Waals surface area contributed by atoms with Crippen molar-refractivity contribution in [2.75, 3.05) is 11.4 Å². The first-order valence-corrected chi connectivity index (χ1v) is 10.3. The molecule has 0 spiro atoms. The van der Waals surface area contributed by atoms with Gasteiger partial charge in [-0.3, -0.25) is 4.79 Å². The number of primary amides is 1. The Balaban J connectivity index is 1.96. The van der Waals surface area contributed by atoms with Crippen LogP contribution in [0.1, 0.15) is 66.6 Å². The second-order valence-corrected chi connectivity index (χ2v) is 9.40. The molecule has 2 aromatic rings. The molecule has 3 nitrogen and oxygen atoms in total. The van der Waals surface area contributed by atoms with E-state index in [-0.39, 0.29) is 17.9 Å². The van der Waals surface area contributed by atoms with Crippen molar-refractivity contribution in [2.24, 2.45) is 11.7 Å². The average molecular weight is 363 g/mol. The Morgan fingerprint density at radius 1 is 1.08 bits per heavy atom. The van der Waals surface area contributed by atoms with E-state index in [9.17, 15) is 4.79 Å². The number of nitrogens with two attached hydrogens (primary N) is 1. The molecular formula is C19H26N2OS2. The minimum atomic E-state index is -0.178. The van der Waals surface area contributed by atoms with Crippen molar-refractivity contribution in [3.8, 4) is 0 Å². The minimum Gasteiger partial charge on any atom is -0.369 e. The number of rotatable bonds is 5. The Hall–Kier alpha value is -1.33. The summed E-state index contributed by atoms with van der Waals surface area (Å²) >= 11 is 3.67. The first-order valence-electron chi connectivity index (χ1n) is 8.63. The van der Waals surface area contributed by atoms with E-state index in [0.29, 0.717) is 11.8 Å². The van der Waals surface area contributed by atoms with Crippen LogP contribution in [-0.4, -0.2) is 12.5 Å². The van der Waals surface area contributed by atoms with Gasteiger partial charge < -0.3 is 10.6 Å². The molecule has 1 aliphatic heterocycles. The maximum atomic E-state index is 12.0. The van der Waals surface area contributed by atoms with Gasteiger partial charge >= 0.3 is 0 Å². The summed E-state index contributed by atoms with van der Waals surface area (Å²) in [5.41, 5.74) is 5.73. The summed E-state index contributed by atoms with van der Waals surface area (Å²) in [6, 6.07) is 8.89. The minimum absolute atomic E-state index is 0.0821. The molecule has 130 valence electrons. The van der Waals surface area contributed by atoms with Gasteiger partial charge in [-0.2, -0.15) is 0 Å². The fraction of sp³-hybridized carbons (Fsp3) is 0.526. The van der Waals surface area contributed by atoms with E-state index in [2.05, 4.69) is 56.9 Å². The number of carbonyl (C=O) groups is 1. The molecule has 0 bridgehead atoms. The highest BCUT2D eigenvalue weighted by Gasteiger charge is 2.40. The van der Waals surface area contributed by atoms with Crippen LogP contribution in [0.5, 0.6) is 0 Å². The number of amides is 1. The van der Waals surface area contributed by atoms with E-state index in [4.69, 9.17) is 5.73 Å². The van der Waals surface area contributed by atoms with Crippen molar-refractivity contribution < 1.29 is 4.79 Å². The Labute approximate surface area is 152 Å². The third kappa shape index (κ3) is 3.24. The third-order valence-electron chi connectivity index (χ3n) is 4.74. The van der Waals surface area contributed by atoms with Gasteiger partial charge in [0.15, 0.2) is 0 Å². The van der Waals surface area contributed by atoms with Crippen LogP contribution in [0.25, 0.3) is 0 Å². The van der Waals surface area contributed by atoms with E-state index in [1.165, 1.54) is 19.6 Å². The van der Waals surface area contributed by atoms with Crippen molar-refractivity contribution in [1.82, 2.24) is 0 Å². The molecule has 2 N–H and O–H groups in total. The van der Waals surface area contributed by atoms with E-state index in [0.717, 1.165) is 13.0 Å². The second kappa shape index (κ2) is 6.89. The maximum Gasteiger partial charge on any atom is 0.223 e. The summed E-state index contributed by atoms with van der Waals surface area (Å²) in [5, 5.41) is 1.26. The van der Waals surface area contributed by atoms with Gasteiger partial charge in [-0.1, -0.05) is 27.7 Å². The summed E-state index contributed by atoms with van der Waals surface area (Å²) < 4.78 is 0. The molecule has 1 amide bonds. The van der Waals surface area contributed by atoms with Crippen LogP contribution in [0.15, 0.2) is 24.3 Å². The second-order valence-electron chi connectivity index (χ2n) is 7.16. The Kier molecular flexibility index (Phi) is 5.02. The molecule has 5 heteroatoms. The fourth-order valence-corrected chi connectivity index (χ4v) is 5.60. The molecule has 0 radical (unpaired) electrons. The monoisotopic (exact) mass is 362 g/mol. The topological polar surface area (TPSA) is 46.3 Å². The molecule has 24 heavy (non-hydrogen) atoms. The predicted molar refractivity (Wildman–Crippen MR) is 104 cm³/mol. The Bertz CT molecular complexity index is 717. The zero-order valence-electron chi connectivity index (χ0n) is 14.8. The molecule has 2 unspecified atom stereocenters. The van der Waals surface area contributed by atoms with Crippen LogP contribution >= 0.6 is 22.7 Å². The van der Waals surface area contributed by atoms with Crippen molar-refractivity contribution in [3.63, 3.8) is 0 Å². The number of hydrogen-bond acceptors (Lipinski definition) is 4. The third-order valence-corrected chi connectivity index (χ3v) is 7.62. The van der Waals surface area contributed by atoms with Crippen LogP contribution in [0.2, 0.25) is 0 Å². The predicted octanol–water partition coefficient (Wildman–Crippen LogP) is 5.11. The van der Waals surface area contributed by atoms with Gasteiger partial charge in [0.2, 0.25) is 5.91 Å². The molecule has 3 heterocycles. The number of carbonyl (C=O) groups excluding carboxylic acids is 1. The average Bonchev–Trinajstić information content (AvgIpc) is 3.24. The van der Waals surface area contributed by atoms with Crippen LogP contribution in [0.4, 0.5) is 5.00 Å². The SMILES string of the molecule is CC(C)c1ccc(C2C(C(N)=O)CCN2c2ccc(C(C)C)s2)s1. The molecule has 0 aromatic carbocycles. The van der Waals surface area contributed by atoms with E-state index < -0.39 is 0 Å². The lowest BCUT2D eigenvalue weighted by molar-refractivity contribution is -0.121. The van der Waals surface area contributed by atoms with Crippen molar-refractivity contribution in [2.45, 2.75) is 52.0 Å². The summed E-state index contributed by atoms with van der Waals surface area (Å²) in [5.74, 6) is 0.766. The quantitative estimate of drug-likeness (QED) is 0.803. The van der Waals surface area contributed by atoms with Gasteiger partial charge in [-0.25, -0.2) is 0 Å². The van der Waals surface area contributed by atoms with Gasteiger partial charge in [0.1, 0.15) is 0 Å². The van der Waals surface area contributed by atoms with Gasteiger partial charge in [-0.15, -0.1) is 22.7 Å². The fourth-order valence-electron chi connectivity index (χ4n) is 3.33. The van der Waals surface area contributed by atoms with E-state index in [1.54, 1.807) is 0 Å². The highest BCUT2D eigenvalue weighted by molar-refractivity contribution is 7.16. The zero-order valence-corrected chi connectivity index (χ0v) is 16.4. The summed E-state index contributed by atoms with van der Waals surface area (Å²) in [4.78, 5) is 18.4. The summed E-state index contributed by atoms with van der Waals surface area (Å²) in [7, 11) is 0. The van der Waals surface area contributed by atoms with E-state index in [1.807, 2.05) is 22.7 Å². The van der Waals surface area contributed by atoms with Gasteiger partial charge in [0.05, 0.1) is 17.0 Å². The van der Waals surface area contributed by atoms with Crippen LogP contribution in [0, 0.1) is 5.92 Å². The molecule has 0 saturated carbocycles. The highest BCUT2D eigenvalue weighted by atomic mass is 32.1. The smallest absolute Gasteiger partial charge is 0.223 e. The number of thiophene rings is 2. The first kappa shape index (κ1) is 17.5. The molecule has 2 aromatic heterocycles. The lowest BCUT2D eigenvalue weighted by atomic mass is 9.98. The number of anilines is 1. The summed E-state index contributed by atoms with van der Waals surface area (Å²) in [6.07, 6.45) is 0.837. The maximum absolute atomic E-state index is 12.0. The lowest BCUT2D eigenvalue weighted by Gasteiger charge is -2.27. The molecule has 1 saturated heterocycles. The van der Waals surface area contributed by atoms with Crippen molar-refractivity contribution in [1.29, 1.82) is 0 Å². The molecular weight excluding hydrogens is 336 g/mol. The lowest BCUT2D eigenvalue weighted by Crippen LogP contribution is -2.30. The molecule has 1 fully saturated rings. The Morgan fingerprint density at radius 3 is 2.25 bits per heavy atom.